The van der Waals surface area contributed by atoms with Gasteiger partial charge in [-0.3, -0.25) is 0 Å². The summed E-state index contributed by atoms with van der Waals surface area (Å²) >= 11 is 0. The largest absolute Gasteiger partial charge is 0.398 e. The van der Waals surface area contributed by atoms with Crippen molar-refractivity contribution >= 4 is 5.69 Å². The molecule has 0 spiro atoms. The van der Waals surface area contributed by atoms with Crippen molar-refractivity contribution in [3.05, 3.63) is 54.1 Å². The zero-order chi connectivity index (χ0) is 13.2. The van der Waals surface area contributed by atoms with Crippen LogP contribution in [0.4, 0.5) is 5.69 Å². The minimum atomic E-state index is 0.441. The summed E-state index contributed by atoms with van der Waals surface area (Å²) in [5, 5.41) is 4.02. The molecule has 2 N–H and O–H groups in total. The van der Waals surface area contributed by atoms with Gasteiger partial charge in [-0.2, -0.15) is 4.98 Å². The van der Waals surface area contributed by atoms with E-state index in [4.69, 9.17) is 10.3 Å². The number of para-hydroxylation sites is 1. The van der Waals surface area contributed by atoms with Crippen LogP contribution in [0.15, 0.2) is 53.1 Å². The van der Waals surface area contributed by atoms with E-state index in [1.165, 1.54) is 0 Å². The van der Waals surface area contributed by atoms with E-state index in [1.807, 2.05) is 55.5 Å². The van der Waals surface area contributed by atoms with Crippen molar-refractivity contribution in [2.45, 2.75) is 6.92 Å². The molecule has 0 aliphatic carbocycles. The van der Waals surface area contributed by atoms with Crippen LogP contribution in [0.3, 0.4) is 0 Å². The van der Waals surface area contributed by atoms with Gasteiger partial charge >= 0.3 is 0 Å². The maximum atomic E-state index is 5.90. The van der Waals surface area contributed by atoms with Gasteiger partial charge < -0.3 is 10.3 Å². The summed E-state index contributed by atoms with van der Waals surface area (Å²) in [6.45, 7) is 2.02. The predicted octanol–water partition coefficient (Wildman–Crippen LogP) is 3.29. The lowest BCUT2D eigenvalue weighted by Gasteiger charge is -1.99. The molecular weight excluding hydrogens is 238 g/mol. The number of nitrogens with zero attached hydrogens (tertiary/aromatic N) is 2. The van der Waals surface area contributed by atoms with Crippen LogP contribution in [0.25, 0.3) is 22.8 Å². The summed E-state index contributed by atoms with van der Waals surface area (Å²) in [4.78, 5) is 4.41. The van der Waals surface area contributed by atoms with E-state index < -0.39 is 0 Å². The third-order valence-corrected chi connectivity index (χ3v) is 3.00. The predicted molar refractivity (Wildman–Crippen MR) is 74.3 cm³/mol. The third-order valence-electron chi connectivity index (χ3n) is 3.00. The molecule has 0 radical (unpaired) electrons. The average Bonchev–Trinajstić information content (AvgIpc) is 2.89. The first-order chi connectivity index (χ1) is 9.25. The molecule has 2 aromatic carbocycles. The van der Waals surface area contributed by atoms with Gasteiger partial charge in [-0.25, -0.2) is 0 Å². The Labute approximate surface area is 110 Å². The van der Waals surface area contributed by atoms with Crippen LogP contribution in [0.1, 0.15) is 5.56 Å². The summed E-state index contributed by atoms with van der Waals surface area (Å²) < 4.78 is 5.30. The van der Waals surface area contributed by atoms with Gasteiger partial charge in [-0.1, -0.05) is 41.6 Å². The van der Waals surface area contributed by atoms with Gasteiger partial charge in [0, 0.05) is 11.3 Å². The molecule has 3 aromatic rings. The van der Waals surface area contributed by atoms with E-state index in [0.29, 0.717) is 17.4 Å². The first-order valence-corrected chi connectivity index (χ1v) is 6.00. The van der Waals surface area contributed by atoms with Crippen LogP contribution in [-0.2, 0) is 0 Å². The Bertz CT molecular complexity index is 659. The fourth-order valence-electron chi connectivity index (χ4n) is 1.96. The molecule has 0 saturated carbocycles. The Morgan fingerprint density at radius 3 is 2.37 bits per heavy atom. The maximum Gasteiger partial charge on any atom is 0.260 e. The lowest BCUT2D eigenvalue weighted by molar-refractivity contribution is 0.432. The normalized spacial score (nSPS) is 10.6. The highest BCUT2D eigenvalue weighted by Gasteiger charge is 2.13. The van der Waals surface area contributed by atoms with Crippen LogP contribution in [0.5, 0.6) is 0 Å². The molecule has 3 rings (SSSR count). The van der Waals surface area contributed by atoms with E-state index in [1.54, 1.807) is 0 Å². The van der Waals surface area contributed by atoms with Crippen molar-refractivity contribution < 1.29 is 4.52 Å². The molecular formula is C15H13N3O. The lowest BCUT2D eigenvalue weighted by Crippen LogP contribution is -1.89. The van der Waals surface area contributed by atoms with Crippen LogP contribution in [-0.4, -0.2) is 10.1 Å². The number of aryl methyl sites for hydroxylation is 1. The van der Waals surface area contributed by atoms with Gasteiger partial charge in [-0.05, 0) is 24.6 Å². The van der Waals surface area contributed by atoms with Gasteiger partial charge in [0.25, 0.3) is 5.89 Å². The van der Waals surface area contributed by atoms with E-state index in [9.17, 15) is 0 Å². The topological polar surface area (TPSA) is 64.9 Å². The Morgan fingerprint density at radius 2 is 1.63 bits per heavy atom. The second kappa shape index (κ2) is 4.57. The first kappa shape index (κ1) is 11.5. The van der Waals surface area contributed by atoms with Gasteiger partial charge in [0.2, 0.25) is 5.82 Å². The Morgan fingerprint density at radius 1 is 0.947 bits per heavy atom. The third kappa shape index (κ3) is 2.08. The second-order valence-corrected chi connectivity index (χ2v) is 4.33. The first-order valence-electron chi connectivity index (χ1n) is 6.00. The molecule has 0 aliphatic rings. The number of benzene rings is 2. The molecule has 0 aliphatic heterocycles. The molecule has 4 nitrogen and oxygen atoms in total. The van der Waals surface area contributed by atoms with E-state index in [-0.39, 0.29) is 0 Å². The summed E-state index contributed by atoms with van der Waals surface area (Å²) in [6.07, 6.45) is 0. The highest BCUT2D eigenvalue weighted by Crippen LogP contribution is 2.27. The number of nitrogen functional groups attached to an aromatic ring is 1. The monoisotopic (exact) mass is 251 g/mol. The number of anilines is 1. The average molecular weight is 251 g/mol. The molecule has 1 heterocycles. The number of hydrogen-bond donors (Lipinski definition) is 1. The standard InChI is InChI=1S/C15H13N3O/c1-10-6-2-3-7-11(10)14-17-15(19-18-14)12-8-4-5-9-13(12)16/h2-9H,16H2,1H3. The molecule has 0 saturated heterocycles. The maximum absolute atomic E-state index is 5.90. The molecule has 94 valence electrons. The van der Waals surface area contributed by atoms with Crippen molar-refractivity contribution in [1.82, 2.24) is 10.1 Å². The van der Waals surface area contributed by atoms with E-state index >= 15 is 0 Å². The smallest absolute Gasteiger partial charge is 0.260 e. The molecule has 0 atom stereocenters. The highest BCUT2D eigenvalue weighted by atomic mass is 16.5. The minimum absolute atomic E-state index is 0.441. The van der Waals surface area contributed by atoms with Crippen molar-refractivity contribution in [3.8, 4) is 22.8 Å². The number of hydrogen-bond acceptors (Lipinski definition) is 4. The quantitative estimate of drug-likeness (QED) is 0.710. The number of rotatable bonds is 2. The van der Waals surface area contributed by atoms with Crippen molar-refractivity contribution in [2.24, 2.45) is 0 Å². The number of nitrogens with two attached hydrogens (primary N) is 1. The summed E-state index contributed by atoms with van der Waals surface area (Å²) in [6, 6.07) is 15.4. The van der Waals surface area contributed by atoms with Crippen molar-refractivity contribution in [3.63, 3.8) is 0 Å². The molecule has 1 aromatic heterocycles. The van der Waals surface area contributed by atoms with Gasteiger partial charge in [0.05, 0.1) is 5.56 Å². The highest BCUT2D eigenvalue weighted by molar-refractivity contribution is 5.71. The minimum Gasteiger partial charge on any atom is -0.398 e. The van der Waals surface area contributed by atoms with Crippen molar-refractivity contribution in [2.75, 3.05) is 5.73 Å². The Hall–Kier alpha value is -2.62. The Kier molecular flexibility index (Phi) is 2.76. The molecule has 0 unspecified atom stereocenters. The Balaban J connectivity index is 2.06. The van der Waals surface area contributed by atoms with E-state index in [2.05, 4.69) is 10.1 Å². The summed E-state index contributed by atoms with van der Waals surface area (Å²) in [7, 11) is 0. The fraction of sp³-hybridized carbons (Fsp3) is 0.0667. The van der Waals surface area contributed by atoms with Crippen molar-refractivity contribution in [1.29, 1.82) is 0 Å². The number of aromatic nitrogens is 2. The zero-order valence-electron chi connectivity index (χ0n) is 10.5. The van der Waals surface area contributed by atoms with Gasteiger partial charge in [0.15, 0.2) is 0 Å². The van der Waals surface area contributed by atoms with Gasteiger partial charge in [0.1, 0.15) is 0 Å². The van der Waals surface area contributed by atoms with Crippen LogP contribution >= 0.6 is 0 Å². The van der Waals surface area contributed by atoms with Crippen LogP contribution in [0, 0.1) is 6.92 Å². The summed E-state index contributed by atoms with van der Waals surface area (Å²) in [5.41, 5.74) is 9.36. The molecule has 0 bridgehead atoms. The molecule has 0 fully saturated rings. The lowest BCUT2D eigenvalue weighted by atomic mass is 10.1. The summed E-state index contributed by atoms with van der Waals surface area (Å²) in [5.74, 6) is 1.02. The van der Waals surface area contributed by atoms with Gasteiger partial charge in [-0.15, -0.1) is 0 Å². The fourth-order valence-corrected chi connectivity index (χ4v) is 1.96. The second-order valence-electron chi connectivity index (χ2n) is 4.33. The van der Waals surface area contributed by atoms with Crippen LogP contribution < -0.4 is 5.73 Å². The molecule has 19 heavy (non-hydrogen) atoms. The zero-order valence-corrected chi connectivity index (χ0v) is 10.5. The SMILES string of the molecule is Cc1ccccc1-c1noc(-c2ccccc2N)n1. The molecule has 4 heteroatoms. The van der Waals surface area contributed by atoms with Crippen LogP contribution in [0.2, 0.25) is 0 Å². The van der Waals surface area contributed by atoms with E-state index in [0.717, 1.165) is 16.7 Å². The molecule has 0 amide bonds.